The number of piperazine rings is 1. The van der Waals surface area contributed by atoms with Gasteiger partial charge in [0, 0.05) is 37.8 Å². The van der Waals surface area contributed by atoms with Crippen molar-refractivity contribution in [3.63, 3.8) is 0 Å². The highest BCUT2D eigenvalue weighted by Gasteiger charge is 2.20. The van der Waals surface area contributed by atoms with Gasteiger partial charge in [0.05, 0.1) is 5.69 Å². The first-order valence-electron chi connectivity index (χ1n) is 6.78. The van der Waals surface area contributed by atoms with Crippen LogP contribution in [0.1, 0.15) is 12.5 Å². The van der Waals surface area contributed by atoms with E-state index in [2.05, 4.69) is 11.8 Å². The van der Waals surface area contributed by atoms with Gasteiger partial charge in [0.2, 0.25) is 0 Å². The molecule has 0 radical (unpaired) electrons. The van der Waals surface area contributed by atoms with Crippen LogP contribution in [0.3, 0.4) is 0 Å². The summed E-state index contributed by atoms with van der Waals surface area (Å²) in [4.78, 5) is 14.9. The maximum absolute atomic E-state index is 14.1. The Morgan fingerprint density at radius 3 is 2.65 bits per heavy atom. The lowest BCUT2D eigenvalue weighted by molar-refractivity contribution is -0.131. The minimum atomic E-state index is -1.03. The Bertz CT molecular complexity index is 509. The van der Waals surface area contributed by atoms with Crippen LogP contribution in [0.4, 0.5) is 10.1 Å². The van der Waals surface area contributed by atoms with Gasteiger partial charge in [-0.3, -0.25) is 0 Å². The number of anilines is 1. The van der Waals surface area contributed by atoms with Crippen LogP contribution in [0.25, 0.3) is 6.08 Å². The predicted molar refractivity (Wildman–Crippen MR) is 77.4 cm³/mol. The van der Waals surface area contributed by atoms with Crippen molar-refractivity contribution in [3.05, 3.63) is 35.7 Å². The van der Waals surface area contributed by atoms with Crippen LogP contribution in [-0.2, 0) is 4.79 Å². The van der Waals surface area contributed by atoms with Crippen molar-refractivity contribution in [2.75, 3.05) is 37.6 Å². The Kier molecular flexibility index (Phi) is 4.74. The highest BCUT2D eigenvalue weighted by Crippen LogP contribution is 2.26. The van der Waals surface area contributed by atoms with Gasteiger partial charge in [-0.25, -0.2) is 9.18 Å². The molecule has 2 rings (SSSR count). The second-order valence-electron chi connectivity index (χ2n) is 4.77. The number of nitrogens with zero attached hydrogens (tertiary/aromatic N) is 2. The van der Waals surface area contributed by atoms with Crippen molar-refractivity contribution in [2.45, 2.75) is 6.92 Å². The van der Waals surface area contributed by atoms with Crippen molar-refractivity contribution >= 4 is 17.7 Å². The maximum Gasteiger partial charge on any atom is 0.328 e. The number of carboxylic acid groups (broad SMARTS) is 1. The third-order valence-electron chi connectivity index (χ3n) is 3.56. The highest BCUT2D eigenvalue weighted by molar-refractivity contribution is 5.87. The fraction of sp³-hybridized carbons (Fsp3) is 0.400. The molecule has 1 heterocycles. The molecule has 5 heteroatoms. The molecule has 0 aromatic heterocycles. The normalized spacial score (nSPS) is 16.8. The van der Waals surface area contributed by atoms with E-state index in [0.717, 1.165) is 38.8 Å². The molecule has 0 aliphatic carbocycles. The molecule has 20 heavy (non-hydrogen) atoms. The van der Waals surface area contributed by atoms with Gasteiger partial charge in [0.15, 0.2) is 0 Å². The summed E-state index contributed by atoms with van der Waals surface area (Å²) in [7, 11) is 0. The molecule has 1 N–H and O–H groups in total. The van der Waals surface area contributed by atoms with Crippen molar-refractivity contribution in [3.8, 4) is 0 Å². The van der Waals surface area contributed by atoms with Gasteiger partial charge in [-0.15, -0.1) is 0 Å². The van der Waals surface area contributed by atoms with E-state index in [1.807, 2.05) is 4.90 Å². The molecule has 1 aromatic rings. The zero-order chi connectivity index (χ0) is 14.5. The zero-order valence-corrected chi connectivity index (χ0v) is 11.6. The fourth-order valence-corrected chi connectivity index (χ4v) is 2.45. The van der Waals surface area contributed by atoms with E-state index in [1.165, 1.54) is 12.1 Å². The minimum Gasteiger partial charge on any atom is -0.478 e. The Morgan fingerprint density at radius 1 is 1.35 bits per heavy atom. The molecule has 1 fully saturated rings. The maximum atomic E-state index is 14.1. The highest BCUT2D eigenvalue weighted by atomic mass is 19.1. The topological polar surface area (TPSA) is 43.8 Å². The van der Waals surface area contributed by atoms with Gasteiger partial charge in [0.25, 0.3) is 0 Å². The molecule has 1 aliphatic heterocycles. The van der Waals surface area contributed by atoms with Crippen molar-refractivity contribution in [1.82, 2.24) is 4.90 Å². The lowest BCUT2D eigenvalue weighted by Crippen LogP contribution is -2.46. The number of benzene rings is 1. The number of carbonyl (C=O) groups is 1. The average Bonchev–Trinajstić information content (AvgIpc) is 2.45. The van der Waals surface area contributed by atoms with Crippen LogP contribution < -0.4 is 4.90 Å². The molecule has 1 saturated heterocycles. The van der Waals surface area contributed by atoms with Crippen LogP contribution in [0, 0.1) is 5.82 Å². The molecule has 1 aliphatic rings. The van der Waals surface area contributed by atoms with Crippen LogP contribution in [0.2, 0.25) is 0 Å². The van der Waals surface area contributed by atoms with Crippen molar-refractivity contribution in [2.24, 2.45) is 0 Å². The zero-order valence-electron chi connectivity index (χ0n) is 11.6. The summed E-state index contributed by atoms with van der Waals surface area (Å²) in [5.41, 5.74) is 1.11. The van der Waals surface area contributed by atoms with E-state index in [4.69, 9.17) is 5.11 Å². The van der Waals surface area contributed by atoms with Gasteiger partial charge in [0.1, 0.15) is 5.82 Å². The molecule has 0 unspecified atom stereocenters. The van der Waals surface area contributed by atoms with Gasteiger partial charge >= 0.3 is 5.97 Å². The summed E-state index contributed by atoms with van der Waals surface area (Å²) in [6.45, 7) is 6.40. The second-order valence-corrected chi connectivity index (χ2v) is 4.77. The van der Waals surface area contributed by atoms with Crippen LogP contribution >= 0.6 is 0 Å². The average molecular weight is 278 g/mol. The lowest BCUT2D eigenvalue weighted by atomic mass is 10.1. The number of hydrogen-bond acceptors (Lipinski definition) is 3. The molecule has 0 atom stereocenters. The number of rotatable bonds is 4. The van der Waals surface area contributed by atoms with E-state index in [0.29, 0.717) is 11.3 Å². The quantitative estimate of drug-likeness (QED) is 0.856. The third kappa shape index (κ3) is 3.36. The smallest absolute Gasteiger partial charge is 0.328 e. The molecule has 1 aromatic carbocycles. The van der Waals surface area contributed by atoms with Crippen molar-refractivity contribution < 1.29 is 14.3 Å². The largest absolute Gasteiger partial charge is 0.478 e. The summed E-state index contributed by atoms with van der Waals surface area (Å²) in [6, 6.07) is 4.76. The monoisotopic (exact) mass is 278 g/mol. The first-order valence-corrected chi connectivity index (χ1v) is 6.78. The molecular weight excluding hydrogens is 259 g/mol. The van der Waals surface area contributed by atoms with Crippen molar-refractivity contribution in [1.29, 1.82) is 0 Å². The molecule has 0 spiro atoms. The number of carboxylic acids is 1. The number of para-hydroxylation sites is 1. The number of likely N-dealkylation sites (N-methyl/N-ethyl adjacent to an activating group) is 1. The summed E-state index contributed by atoms with van der Waals surface area (Å²) in [6.07, 6.45) is 2.49. The van der Waals surface area contributed by atoms with Crippen LogP contribution in [0.5, 0.6) is 0 Å². The lowest BCUT2D eigenvalue weighted by Gasteiger charge is -2.36. The Balaban J connectivity index is 2.24. The van der Waals surface area contributed by atoms with E-state index in [1.54, 1.807) is 12.1 Å². The third-order valence-corrected chi connectivity index (χ3v) is 3.56. The summed E-state index contributed by atoms with van der Waals surface area (Å²) < 4.78 is 14.1. The van der Waals surface area contributed by atoms with Gasteiger partial charge in [-0.05, 0) is 18.7 Å². The SMILES string of the molecule is CCN1CCN(c2c(F)cccc2/C=C/C(=O)O)CC1. The van der Waals surface area contributed by atoms with Gasteiger partial charge < -0.3 is 14.9 Å². The van der Waals surface area contributed by atoms with E-state index >= 15 is 0 Å². The van der Waals surface area contributed by atoms with Crippen LogP contribution in [-0.4, -0.2) is 48.7 Å². The molecule has 0 saturated carbocycles. The summed E-state index contributed by atoms with van der Waals surface area (Å²) in [5, 5.41) is 8.71. The Labute approximate surface area is 118 Å². The Hall–Kier alpha value is -1.88. The Morgan fingerprint density at radius 2 is 2.05 bits per heavy atom. The van der Waals surface area contributed by atoms with E-state index in [9.17, 15) is 9.18 Å². The predicted octanol–water partition coefficient (Wildman–Crippen LogP) is 2.07. The molecule has 0 bridgehead atoms. The standard InChI is InChI=1S/C15H19FN2O2/c1-2-17-8-10-18(11-9-17)15-12(6-7-14(19)20)4-3-5-13(15)16/h3-7H,2,8-11H2,1H3,(H,19,20)/b7-6+. The number of hydrogen-bond donors (Lipinski definition) is 1. The van der Waals surface area contributed by atoms with Gasteiger partial charge in [-0.1, -0.05) is 19.1 Å². The molecule has 108 valence electrons. The first-order chi connectivity index (χ1) is 9.61. The summed E-state index contributed by atoms with van der Waals surface area (Å²) in [5.74, 6) is -1.33. The molecule has 0 amide bonds. The number of aliphatic carboxylic acids is 1. The van der Waals surface area contributed by atoms with E-state index < -0.39 is 5.97 Å². The molecule has 4 nitrogen and oxygen atoms in total. The van der Waals surface area contributed by atoms with Crippen LogP contribution in [0.15, 0.2) is 24.3 Å². The van der Waals surface area contributed by atoms with E-state index in [-0.39, 0.29) is 5.82 Å². The summed E-state index contributed by atoms with van der Waals surface area (Å²) >= 11 is 0. The first kappa shape index (κ1) is 14.5. The van der Waals surface area contributed by atoms with Gasteiger partial charge in [-0.2, -0.15) is 0 Å². The number of halogens is 1. The molecular formula is C15H19FN2O2. The fourth-order valence-electron chi connectivity index (χ4n) is 2.45. The second kappa shape index (κ2) is 6.52. The minimum absolute atomic E-state index is 0.303.